The van der Waals surface area contributed by atoms with Gasteiger partial charge in [0.25, 0.3) is 5.56 Å². The van der Waals surface area contributed by atoms with Gasteiger partial charge in [-0.05, 0) is 24.6 Å². The maximum atomic E-state index is 13.1. The minimum absolute atomic E-state index is 0.122. The van der Waals surface area contributed by atoms with Crippen LogP contribution < -0.4 is 16.1 Å². The van der Waals surface area contributed by atoms with Crippen molar-refractivity contribution in [1.82, 2.24) is 9.66 Å². The van der Waals surface area contributed by atoms with Gasteiger partial charge in [0.1, 0.15) is 0 Å². The van der Waals surface area contributed by atoms with Crippen LogP contribution in [0.2, 0.25) is 0 Å². The molecule has 1 atom stereocenters. The van der Waals surface area contributed by atoms with E-state index in [-0.39, 0.29) is 4.68 Å². The smallest absolute Gasteiger partial charge is 0.389 e. The van der Waals surface area contributed by atoms with Crippen LogP contribution in [0.5, 0.6) is 0 Å². The number of rotatable bonds is 3. The third-order valence-corrected chi connectivity index (χ3v) is 3.59. The van der Waals surface area contributed by atoms with Gasteiger partial charge in [-0.15, -0.1) is 0 Å². The normalized spacial score (nSPS) is 13.9. The number of aromatic nitrogens is 2. The molecule has 1 aromatic carbocycles. The second kappa shape index (κ2) is 5.63. The summed E-state index contributed by atoms with van der Waals surface area (Å²) < 4.78 is 61.7. The zero-order valence-corrected chi connectivity index (χ0v) is 13.1. The fourth-order valence-corrected chi connectivity index (χ4v) is 2.62. The number of hydrogen-bond acceptors (Lipinski definition) is 5. The van der Waals surface area contributed by atoms with Gasteiger partial charge in [0.05, 0.1) is 28.8 Å². The summed E-state index contributed by atoms with van der Waals surface area (Å²) in [7, 11) is -3.99. The summed E-state index contributed by atoms with van der Waals surface area (Å²) in [5.41, 5.74) is -4.65. The van der Waals surface area contributed by atoms with Crippen LogP contribution >= 0.6 is 0 Å². The molecule has 0 aliphatic rings. The van der Waals surface area contributed by atoms with Crippen LogP contribution in [-0.4, -0.2) is 29.4 Å². The molecule has 0 aliphatic carbocycles. The number of alkyl halides is 3. The highest BCUT2D eigenvalue weighted by Crippen LogP contribution is 2.36. The van der Waals surface area contributed by atoms with Crippen LogP contribution in [0, 0.1) is 0 Å². The summed E-state index contributed by atoms with van der Waals surface area (Å²) in [5.74, 6) is 0. The Morgan fingerprint density at radius 3 is 2.33 bits per heavy atom. The van der Waals surface area contributed by atoms with Gasteiger partial charge in [0, 0.05) is 0 Å². The van der Waals surface area contributed by atoms with Gasteiger partial charge in [0.15, 0.2) is 0 Å². The van der Waals surface area contributed by atoms with Gasteiger partial charge in [0.2, 0.25) is 10.0 Å². The van der Waals surface area contributed by atoms with E-state index in [9.17, 15) is 36.3 Å². The van der Waals surface area contributed by atoms with Crippen molar-refractivity contribution in [2.24, 2.45) is 0 Å². The number of aliphatic hydroxyl groups excluding tert-OH is 1. The lowest BCUT2D eigenvalue weighted by Crippen LogP contribution is -2.43. The molecule has 2 rings (SSSR count). The minimum atomic E-state index is -4.82. The first-order valence-electron chi connectivity index (χ1n) is 6.37. The molecular weight excluding hydrogens is 355 g/mol. The first-order valence-corrected chi connectivity index (χ1v) is 8.26. The number of halogens is 3. The maximum Gasteiger partial charge on any atom is 0.416 e. The number of fused-ring (bicyclic) bond motifs is 1. The van der Waals surface area contributed by atoms with Crippen molar-refractivity contribution in [2.45, 2.75) is 19.2 Å². The van der Waals surface area contributed by atoms with Crippen molar-refractivity contribution in [3.05, 3.63) is 44.1 Å². The predicted molar refractivity (Wildman–Crippen MR) is 78.7 cm³/mol. The molecule has 0 spiro atoms. The highest BCUT2D eigenvalue weighted by atomic mass is 32.2. The van der Waals surface area contributed by atoms with Crippen LogP contribution in [0.4, 0.5) is 13.2 Å². The summed E-state index contributed by atoms with van der Waals surface area (Å²) >= 11 is 0. The molecule has 12 heteroatoms. The second-order valence-corrected chi connectivity index (χ2v) is 6.82. The third kappa shape index (κ3) is 3.43. The van der Waals surface area contributed by atoms with Gasteiger partial charge >= 0.3 is 11.9 Å². The zero-order chi connectivity index (χ0) is 18.4. The Hall–Kier alpha value is -2.34. The summed E-state index contributed by atoms with van der Waals surface area (Å²) in [4.78, 5) is 27.6. The van der Waals surface area contributed by atoms with Gasteiger partial charge in [-0.1, -0.05) is 0 Å². The molecule has 0 fully saturated rings. The molecule has 0 aliphatic heterocycles. The number of aliphatic hydroxyl groups is 1. The average Bonchev–Trinajstić information content (AvgIpc) is 2.40. The van der Waals surface area contributed by atoms with E-state index in [1.165, 1.54) is 0 Å². The summed E-state index contributed by atoms with van der Waals surface area (Å²) in [6.07, 6.45) is -5.68. The number of nitrogens with one attached hydrogen (secondary N) is 2. The highest BCUT2D eigenvalue weighted by Gasteiger charge is 2.35. The Labute approximate surface area is 132 Å². The van der Waals surface area contributed by atoms with E-state index in [0.717, 1.165) is 13.0 Å². The molecule has 2 aromatic rings. The fourth-order valence-electron chi connectivity index (χ4n) is 2.12. The molecule has 1 aromatic heterocycles. The van der Waals surface area contributed by atoms with E-state index in [4.69, 9.17) is 0 Å². The number of nitrogens with zero attached hydrogens (tertiary/aromatic N) is 1. The summed E-state index contributed by atoms with van der Waals surface area (Å²) in [5, 5.41) is 9.14. The molecule has 0 bridgehead atoms. The molecule has 8 nitrogen and oxygen atoms in total. The number of aromatic amines is 1. The molecule has 3 N–H and O–H groups in total. The van der Waals surface area contributed by atoms with Crippen molar-refractivity contribution in [2.75, 3.05) is 11.1 Å². The van der Waals surface area contributed by atoms with Crippen LogP contribution in [0.25, 0.3) is 10.9 Å². The predicted octanol–water partition coefficient (Wildman–Crippen LogP) is 0.265. The molecule has 0 saturated heterocycles. The van der Waals surface area contributed by atoms with Gasteiger partial charge in [-0.2, -0.15) is 17.8 Å². The van der Waals surface area contributed by atoms with Gasteiger partial charge in [-0.3, -0.25) is 4.79 Å². The van der Waals surface area contributed by atoms with Crippen LogP contribution in [0.1, 0.15) is 24.2 Å². The Bertz CT molecular complexity index is 1020. The highest BCUT2D eigenvalue weighted by molar-refractivity contribution is 7.91. The Balaban J connectivity index is 2.90. The monoisotopic (exact) mass is 367 g/mol. The van der Waals surface area contributed by atoms with Crippen molar-refractivity contribution >= 4 is 20.9 Å². The van der Waals surface area contributed by atoms with E-state index in [1.807, 2.05) is 4.98 Å². The lowest BCUT2D eigenvalue weighted by atomic mass is 10.00. The van der Waals surface area contributed by atoms with Crippen molar-refractivity contribution in [1.29, 1.82) is 0 Å². The largest absolute Gasteiger partial charge is 0.416 e. The molecular formula is C12H12F3N3O5S. The van der Waals surface area contributed by atoms with E-state index in [1.54, 1.807) is 4.83 Å². The van der Waals surface area contributed by atoms with Crippen LogP contribution in [0.15, 0.2) is 21.7 Å². The van der Waals surface area contributed by atoms with Crippen molar-refractivity contribution in [3.8, 4) is 0 Å². The van der Waals surface area contributed by atoms with Gasteiger partial charge in [-0.25, -0.2) is 18.0 Å². The summed E-state index contributed by atoms with van der Waals surface area (Å²) in [6, 6.07) is 1.28. The van der Waals surface area contributed by atoms with Crippen LogP contribution in [-0.2, 0) is 16.2 Å². The van der Waals surface area contributed by atoms with E-state index >= 15 is 0 Å². The van der Waals surface area contributed by atoms with Crippen LogP contribution in [0.3, 0.4) is 0 Å². The SMILES string of the molecule is CC(O)c1cc2c(=O)n(NS(C)(=O)=O)c(=O)[nH]c2cc1C(F)(F)F. The third-order valence-electron chi connectivity index (χ3n) is 3.08. The second-order valence-electron chi connectivity index (χ2n) is 5.09. The number of hydrogen-bond donors (Lipinski definition) is 3. The van der Waals surface area contributed by atoms with Crippen molar-refractivity contribution in [3.63, 3.8) is 0 Å². The fraction of sp³-hybridized carbons (Fsp3) is 0.333. The number of H-pyrrole nitrogens is 1. The molecule has 24 heavy (non-hydrogen) atoms. The zero-order valence-electron chi connectivity index (χ0n) is 12.3. The molecule has 0 saturated carbocycles. The van der Waals surface area contributed by atoms with Crippen molar-refractivity contribution < 1.29 is 26.7 Å². The topological polar surface area (TPSA) is 121 Å². The first-order chi connectivity index (χ1) is 10.8. The summed E-state index contributed by atoms with van der Waals surface area (Å²) in [6.45, 7) is 1.08. The Morgan fingerprint density at radius 1 is 1.29 bits per heavy atom. The molecule has 1 heterocycles. The van der Waals surface area contributed by atoms with E-state index in [0.29, 0.717) is 12.3 Å². The van der Waals surface area contributed by atoms with E-state index < -0.39 is 55.6 Å². The molecule has 0 radical (unpaired) electrons. The number of benzene rings is 1. The lowest BCUT2D eigenvalue weighted by molar-refractivity contribution is -0.139. The maximum absolute atomic E-state index is 13.1. The Kier molecular flexibility index (Phi) is 4.22. The Morgan fingerprint density at radius 2 is 1.88 bits per heavy atom. The van der Waals surface area contributed by atoms with E-state index in [2.05, 4.69) is 0 Å². The average molecular weight is 367 g/mol. The minimum Gasteiger partial charge on any atom is -0.389 e. The quantitative estimate of drug-likeness (QED) is 0.719. The van der Waals surface area contributed by atoms with Gasteiger partial charge < -0.3 is 10.1 Å². The standard InChI is InChI=1S/C12H12F3N3O5S/c1-5(19)6-3-7-9(4-8(6)12(13,14)15)16-11(21)18(10(7)20)17-24(2,22)23/h3-5,17,19H,1-2H3,(H,16,21). The number of sulfonamides is 1. The molecule has 0 amide bonds. The first kappa shape index (κ1) is 18.0. The molecule has 132 valence electrons. The lowest BCUT2D eigenvalue weighted by Gasteiger charge is -2.16. The molecule has 1 unspecified atom stereocenters.